The van der Waals surface area contributed by atoms with Crippen LogP contribution in [0.1, 0.15) is 23.0 Å². The first-order valence-electron chi connectivity index (χ1n) is 9.26. The first-order chi connectivity index (χ1) is 14.2. The summed E-state index contributed by atoms with van der Waals surface area (Å²) in [6.07, 6.45) is 1.64. The summed E-state index contributed by atoms with van der Waals surface area (Å²) in [5.74, 6) is 2.72. The van der Waals surface area contributed by atoms with Crippen LogP contribution in [0.4, 0.5) is 17.3 Å². The molecular formula is C23H20N4O2. The Labute approximate surface area is 168 Å². The maximum absolute atomic E-state index is 11.7. The lowest BCUT2D eigenvalue weighted by molar-refractivity contribution is 0.101. The van der Waals surface area contributed by atoms with Gasteiger partial charge in [0.05, 0.1) is 12.8 Å². The molecule has 0 aliphatic rings. The van der Waals surface area contributed by atoms with Crippen molar-refractivity contribution in [3.63, 3.8) is 0 Å². The molecule has 0 amide bonds. The normalized spacial score (nSPS) is 10.5. The third-order valence-electron chi connectivity index (χ3n) is 4.32. The van der Waals surface area contributed by atoms with Gasteiger partial charge >= 0.3 is 0 Å². The van der Waals surface area contributed by atoms with Gasteiger partial charge in [-0.3, -0.25) is 4.79 Å². The second kappa shape index (κ2) is 8.39. The standard InChI is InChI=1S/C23H20N4O2/c1-16(28)18-9-5-10-19(13-18)25-22-14-21(24-15-20-11-6-12-29-20)26-23(27-22)17-7-3-2-4-8-17/h2-14H,15H2,1H3,(H2,24,25,26,27). The van der Waals surface area contributed by atoms with Crippen molar-refractivity contribution in [1.29, 1.82) is 0 Å². The molecular weight excluding hydrogens is 364 g/mol. The molecule has 0 atom stereocenters. The van der Waals surface area contributed by atoms with E-state index >= 15 is 0 Å². The fourth-order valence-corrected chi connectivity index (χ4v) is 2.87. The van der Waals surface area contributed by atoms with Crippen molar-refractivity contribution in [1.82, 2.24) is 9.97 Å². The van der Waals surface area contributed by atoms with Gasteiger partial charge in [-0.1, -0.05) is 42.5 Å². The van der Waals surface area contributed by atoms with Crippen molar-refractivity contribution < 1.29 is 9.21 Å². The van der Waals surface area contributed by atoms with Gasteiger partial charge in [0, 0.05) is 22.9 Å². The molecule has 4 rings (SSSR count). The highest BCUT2D eigenvalue weighted by molar-refractivity contribution is 5.95. The number of nitrogens with one attached hydrogen (secondary N) is 2. The van der Waals surface area contributed by atoms with Crippen LogP contribution >= 0.6 is 0 Å². The number of hydrogen-bond acceptors (Lipinski definition) is 6. The van der Waals surface area contributed by atoms with E-state index in [-0.39, 0.29) is 5.78 Å². The predicted molar refractivity (Wildman–Crippen MR) is 113 cm³/mol. The maximum atomic E-state index is 11.7. The van der Waals surface area contributed by atoms with Crippen LogP contribution < -0.4 is 10.6 Å². The van der Waals surface area contributed by atoms with E-state index in [1.807, 2.05) is 66.7 Å². The summed E-state index contributed by atoms with van der Waals surface area (Å²) in [6.45, 7) is 2.06. The lowest BCUT2D eigenvalue weighted by atomic mass is 10.1. The minimum Gasteiger partial charge on any atom is -0.467 e. The number of nitrogens with zero attached hydrogens (tertiary/aromatic N) is 2. The Morgan fingerprint density at radius 2 is 1.76 bits per heavy atom. The lowest BCUT2D eigenvalue weighted by Gasteiger charge is -2.12. The molecule has 29 heavy (non-hydrogen) atoms. The van der Waals surface area contributed by atoms with E-state index in [2.05, 4.69) is 20.6 Å². The van der Waals surface area contributed by atoms with E-state index in [1.54, 1.807) is 19.3 Å². The Morgan fingerprint density at radius 1 is 0.931 bits per heavy atom. The zero-order chi connectivity index (χ0) is 20.1. The predicted octanol–water partition coefficient (Wildman–Crippen LogP) is 5.29. The molecule has 0 spiro atoms. The summed E-state index contributed by atoms with van der Waals surface area (Å²) in [5.41, 5.74) is 2.34. The first-order valence-corrected chi connectivity index (χ1v) is 9.26. The monoisotopic (exact) mass is 384 g/mol. The molecule has 6 nitrogen and oxygen atoms in total. The maximum Gasteiger partial charge on any atom is 0.163 e. The number of rotatable bonds is 7. The van der Waals surface area contributed by atoms with E-state index in [0.29, 0.717) is 29.6 Å². The molecule has 0 aliphatic heterocycles. The highest BCUT2D eigenvalue weighted by Crippen LogP contribution is 2.23. The summed E-state index contributed by atoms with van der Waals surface area (Å²) in [7, 11) is 0. The average molecular weight is 384 g/mol. The number of Topliss-reactive ketones (excluding diaryl/α,β-unsaturated/α-hetero) is 1. The quantitative estimate of drug-likeness (QED) is 0.421. The number of anilines is 3. The molecule has 2 aromatic heterocycles. The zero-order valence-electron chi connectivity index (χ0n) is 15.9. The topological polar surface area (TPSA) is 80.0 Å². The van der Waals surface area contributed by atoms with Gasteiger partial charge in [-0.25, -0.2) is 9.97 Å². The van der Waals surface area contributed by atoms with E-state index in [9.17, 15) is 4.79 Å². The molecule has 2 aromatic carbocycles. The van der Waals surface area contributed by atoms with Crippen molar-refractivity contribution in [3.8, 4) is 11.4 Å². The van der Waals surface area contributed by atoms with Gasteiger partial charge in [0.1, 0.15) is 17.4 Å². The minimum atomic E-state index is 0.0158. The Balaban J connectivity index is 1.65. The molecule has 0 aliphatic carbocycles. The van der Waals surface area contributed by atoms with Gasteiger partial charge in [0.15, 0.2) is 11.6 Å². The Kier molecular flexibility index (Phi) is 5.33. The van der Waals surface area contributed by atoms with Crippen molar-refractivity contribution in [3.05, 3.63) is 90.4 Å². The summed E-state index contributed by atoms with van der Waals surface area (Å²) < 4.78 is 5.38. The fourth-order valence-electron chi connectivity index (χ4n) is 2.87. The van der Waals surface area contributed by atoms with Gasteiger partial charge < -0.3 is 15.1 Å². The molecule has 2 heterocycles. The van der Waals surface area contributed by atoms with E-state index in [0.717, 1.165) is 17.0 Å². The van der Waals surface area contributed by atoms with Crippen LogP contribution in [-0.4, -0.2) is 15.8 Å². The van der Waals surface area contributed by atoms with Crippen LogP contribution in [0, 0.1) is 0 Å². The number of carbonyl (C=O) groups excluding carboxylic acids is 1. The van der Waals surface area contributed by atoms with Crippen LogP contribution in [0.15, 0.2) is 83.5 Å². The van der Waals surface area contributed by atoms with Crippen LogP contribution in [0.2, 0.25) is 0 Å². The van der Waals surface area contributed by atoms with Crippen molar-refractivity contribution >= 4 is 23.1 Å². The summed E-state index contributed by atoms with van der Waals surface area (Å²) in [6, 6.07) is 22.7. The van der Waals surface area contributed by atoms with Gasteiger partial charge in [-0.2, -0.15) is 0 Å². The van der Waals surface area contributed by atoms with Crippen LogP contribution in [0.5, 0.6) is 0 Å². The third-order valence-corrected chi connectivity index (χ3v) is 4.32. The number of carbonyl (C=O) groups is 1. The van der Waals surface area contributed by atoms with Gasteiger partial charge in [0.25, 0.3) is 0 Å². The molecule has 0 saturated heterocycles. The second-order valence-electron chi connectivity index (χ2n) is 6.52. The molecule has 0 bridgehead atoms. The molecule has 0 unspecified atom stereocenters. The second-order valence-corrected chi connectivity index (χ2v) is 6.52. The summed E-state index contributed by atoms with van der Waals surface area (Å²) in [5, 5.41) is 6.55. The minimum absolute atomic E-state index is 0.0158. The number of furan rings is 1. The van der Waals surface area contributed by atoms with E-state index in [4.69, 9.17) is 4.42 Å². The van der Waals surface area contributed by atoms with E-state index < -0.39 is 0 Å². The van der Waals surface area contributed by atoms with Gasteiger partial charge in [-0.15, -0.1) is 0 Å². The Morgan fingerprint density at radius 3 is 2.52 bits per heavy atom. The molecule has 0 radical (unpaired) electrons. The van der Waals surface area contributed by atoms with Crippen molar-refractivity contribution in [2.75, 3.05) is 10.6 Å². The average Bonchev–Trinajstić information content (AvgIpc) is 3.27. The zero-order valence-corrected chi connectivity index (χ0v) is 15.9. The lowest BCUT2D eigenvalue weighted by Crippen LogP contribution is -2.05. The first kappa shape index (κ1) is 18.4. The SMILES string of the molecule is CC(=O)c1cccc(Nc2cc(NCc3ccco3)nc(-c3ccccc3)n2)c1. The van der Waals surface area contributed by atoms with Gasteiger partial charge in [0.2, 0.25) is 0 Å². The number of hydrogen-bond donors (Lipinski definition) is 2. The molecule has 0 saturated carbocycles. The fraction of sp³-hybridized carbons (Fsp3) is 0.0870. The number of benzene rings is 2. The summed E-state index contributed by atoms with van der Waals surface area (Å²) >= 11 is 0. The molecule has 2 N–H and O–H groups in total. The Hall–Kier alpha value is -3.93. The highest BCUT2D eigenvalue weighted by Gasteiger charge is 2.09. The summed E-state index contributed by atoms with van der Waals surface area (Å²) in [4.78, 5) is 20.9. The smallest absolute Gasteiger partial charge is 0.163 e. The number of aromatic nitrogens is 2. The van der Waals surface area contributed by atoms with Crippen LogP contribution in [0.25, 0.3) is 11.4 Å². The number of ketones is 1. The van der Waals surface area contributed by atoms with E-state index in [1.165, 1.54) is 0 Å². The molecule has 4 aromatic rings. The molecule has 0 fully saturated rings. The molecule has 6 heteroatoms. The van der Waals surface area contributed by atoms with Crippen LogP contribution in [-0.2, 0) is 6.54 Å². The molecule has 144 valence electrons. The van der Waals surface area contributed by atoms with Crippen molar-refractivity contribution in [2.45, 2.75) is 13.5 Å². The largest absolute Gasteiger partial charge is 0.467 e. The van der Waals surface area contributed by atoms with Crippen LogP contribution in [0.3, 0.4) is 0 Å². The van der Waals surface area contributed by atoms with Gasteiger partial charge in [-0.05, 0) is 31.2 Å². The van der Waals surface area contributed by atoms with Crippen molar-refractivity contribution in [2.24, 2.45) is 0 Å². The third kappa shape index (κ3) is 4.68. The Bertz CT molecular complexity index is 1110. The highest BCUT2D eigenvalue weighted by atomic mass is 16.3.